The monoisotopic (exact) mass is 421 g/mol. The summed E-state index contributed by atoms with van der Waals surface area (Å²) in [6, 6.07) is 3.48. The minimum Gasteiger partial charge on any atom is -0.450 e. The van der Waals surface area contributed by atoms with Gasteiger partial charge in [0.2, 0.25) is 0 Å². The van der Waals surface area contributed by atoms with Gasteiger partial charge >= 0.3 is 5.97 Å². The molecule has 0 aromatic carbocycles. The van der Waals surface area contributed by atoms with E-state index in [1.54, 1.807) is 19.1 Å². The molecule has 0 unspecified atom stereocenters. The van der Waals surface area contributed by atoms with E-state index in [-0.39, 0.29) is 11.4 Å². The van der Waals surface area contributed by atoms with E-state index in [9.17, 15) is 9.59 Å². The molecule has 6 heteroatoms. The van der Waals surface area contributed by atoms with Crippen LogP contribution in [0.2, 0.25) is 0 Å². The molecule has 1 heterocycles. The highest BCUT2D eigenvalue weighted by atomic mass is 79.9. The minimum atomic E-state index is -0.802. The van der Waals surface area contributed by atoms with E-state index < -0.39 is 12.1 Å². The molecular weight excluding hydrogens is 398 g/mol. The molecule has 4 saturated carbocycles. The van der Waals surface area contributed by atoms with Gasteiger partial charge < -0.3 is 14.5 Å². The molecule has 4 aliphatic rings. The van der Waals surface area contributed by atoms with Crippen molar-refractivity contribution < 1.29 is 18.7 Å². The molecule has 4 aliphatic carbocycles. The molecule has 1 amide bonds. The summed E-state index contributed by atoms with van der Waals surface area (Å²) in [6.07, 6.45) is 9.23. The number of hydrogen-bond donors (Lipinski definition) is 1. The third kappa shape index (κ3) is 3.75. The van der Waals surface area contributed by atoms with Crippen molar-refractivity contribution in [1.82, 2.24) is 5.32 Å². The van der Waals surface area contributed by atoms with Gasteiger partial charge in [-0.25, -0.2) is 4.79 Å². The first-order valence-corrected chi connectivity index (χ1v) is 10.2. The molecule has 26 heavy (non-hydrogen) atoms. The average Bonchev–Trinajstić information content (AvgIpc) is 2.96. The Bertz CT molecular complexity index is 703. The van der Waals surface area contributed by atoms with E-state index in [1.807, 2.05) is 0 Å². The maximum Gasteiger partial charge on any atom is 0.331 e. The lowest BCUT2D eigenvalue weighted by Crippen LogP contribution is -2.61. The highest BCUT2D eigenvalue weighted by molar-refractivity contribution is 9.10. The minimum absolute atomic E-state index is 0.0667. The van der Waals surface area contributed by atoms with Gasteiger partial charge in [0.1, 0.15) is 5.76 Å². The number of rotatable bonds is 5. The number of ether oxygens (including phenoxy) is 1. The van der Waals surface area contributed by atoms with Gasteiger partial charge in [0.05, 0.1) is 0 Å². The number of amides is 1. The number of carbonyl (C=O) groups is 2. The molecule has 0 aliphatic heterocycles. The van der Waals surface area contributed by atoms with Crippen molar-refractivity contribution in [2.24, 2.45) is 17.8 Å². The second-order valence-corrected chi connectivity index (χ2v) is 9.02. The molecule has 4 bridgehead atoms. The van der Waals surface area contributed by atoms with Crippen molar-refractivity contribution in [3.63, 3.8) is 0 Å². The molecular formula is C20H24BrNO4. The van der Waals surface area contributed by atoms with Gasteiger partial charge in [-0.15, -0.1) is 0 Å². The Morgan fingerprint density at radius 3 is 2.38 bits per heavy atom. The van der Waals surface area contributed by atoms with Crippen LogP contribution >= 0.6 is 15.9 Å². The van der Waals surface area contributed by atoms with Crippen LogP contribution in [0.25, 0.3) is 6.08 Å². The first-order chi connectivity index (χ1) is 12.4. The number of nitrogens with one attached hydrogen (secondary N) is 1. The van der Waals surface area contributed by atoms with E-state index in [0.29, 0.717) is 10.4 Å². The van der Waals surface area contributed by atoms with Gasteiger partial charge in [-0.2, -0.15) is 0 Å². The van der Waals surface area contributed by atoms with Crippen molar-refractivity contribution >= 4 is 33.9 Å². The van der Waals surface area contributed by atoms with Gasteiger partial charge in [-0.3, -0.25) is 4.79 Å². The van der Waals surface area contributed by atoms with Gasteiger partial charge in [0, 0.05) is 11.6 Å². The number of hydrogen-bond acceptors (Lipinski definition) is 4. The van der Waals surface area contributed by atoms with Crippen molar-refractivity contribution in [3.8, 4) is 0 Å². The maximum absolute atomic E-state index is 12.6. The second-order valence-electron chi connectivity index (χ2n) is 8.24. The Balaban J connectivity index is 1.32. The zero-order valence-corrected chi connectivity index (χ0v) is 16.5. The van der Waals surface area contributed by atoms with Crippen molar-refractivity contribution in [1.29, 1.82) is 0 Å². The Morgan fingerprint density at radius 2 is 1.85 bits per heavy atom. The van der Waals surface area contributed by atoms with Crippen LogP contribution in [0, 0.1) is 17.8 Å². The summed E-state index contributed by atoms with van der Waals surface area (Å²) >= 11 is 3.20. The highest BCUT2D eigenvalue weighted by Gasteiger charge is 2.51. The normalized spacial score (nSPS) is 33.4. The number of halogens is 1. The molecule has 0 saturated heterocycles. The standard InChI is InChI=1S/C20H24BrNO4/c1-12(25-18(23)5-3-16-2-4-17(21)26-16)19(24)22-20-9-13-6-14(10-20)8-15(7-13)11-20/h2-5,12-15H,6-11H2,1H3,(H,22,24)/b5-3+/t12-,13?,14?,15?,20?/m0/s1. The van der Waals surface area contributed by atoms with Crippen LogP contribution in [0.15, 0.2) is 27.3 Å². The third-order valence-corrected chi connectivity index (χ3v) is 6.49. The van der Waals surface area contributed by atoms with Crippen molar-refractivity contribution in [2.75, 3.05) is 0 Å². The zero-order valence-electron chi connectivity index (χ0n) is 14.9. The Hall–Kier alpha value is -1.56. The predicted octanol–water partition coefficient (Wildman–Crippen LogP) is 4.07. The lowest BCUT2D eigenvalue weighted by Gasteiger charge is -2.57. The van der Waals surface area contributed by atoms with Gasteiger partial charge in [0.15, 0.2) is 10.8 Å². The van der Waals surface area contributed by atoms with Gasteiger partial charge in [-0.05, 0) is 97.3 Å². The van der Waals surface area contributed by atoms with Crippen LogP contribution < -0.4 is 5.32 Å². The molecule has 0 spiro atoms. The number of furan rings is 1. The van der Waals surface area contributed by atoms with E-state index in [2.05, 4.69) is 21.2 Å². The molecule has 5 rings (SSSR count). The smallest absolute Gasteiger partial charge is 0.331 e. The van der Waals surface area contributed by atoms with Crippen molar-refractivity contribution in [2.45, 2.75) is 57.1 Å². The van der Waals surface area contributed by atoms with Crippen LogP contribution in [0.1, 0.15) is 51.2 Å². The molecule has 1 N–H and O–H groups in total. The van der Waals surface area contributed by atoms with Gasteiger partial charge in [-0.1, -0.05) is 0 Å². The molecule has 140 valence electrons. The van der Waals surface area contributed by atoms with E-state index in [0.717, 1.165) is 37.0 Å². The van der Waals surface area contributed by atoms with E-state index in [4.69, 9.17) is 9.15 Å². The molecule has 5 nitrogen and oxygen atoms in total. The first kappa shape index (κ1) is 17.8. The predicted molar refractivity (Wildman–Crippen MR) is 100 cm³/mol. The second kappa shape index (κ2) is 6.87. The summed E-state index contributed by atoms with van der Waals surface area (Å²) in [4.78, 5) is 24.6. The number of carbonyl (C=O) groups excluding carboxylic acids is 2. The zero-order chi connectivity index (χ0) is 18.3. The van der Waals surface area contributed by atoms with E-state index >= 15 is 0 Å². The molecule has 4 fully saturated rings. The molecule has 0 radical (unpaired) electrons. The summed E-state index contributed by atoms with van der Waals surface area (Å²) in [5.74, 6) is 2.08. The Labute approximate surface area is 161 Å². The summed E-state index contributed by atoms with van der Waals surface area (Å²) in [5.41, 5.74) is -0.0667. The lowest BCUT2D eigenvalue weighted by atomic mass is 9.53. The fourth-order valence-corrected chi connectivity index (χ4v) is 5.78. The number of esters is 1. The third-order valence-electron chi connectivity index (χ3n) is 6.07. The van der Waals surface area contributed by atoms with Crippen molar-refractivity contribution in [3.05, 3.63) is 28.6 Å². The summed E-state index contributed by atoms with van der Waals surface area (Å²) < 4.78 is 11.1. The summed E-state index contributed by atoms with van der Waals surface area (Å²) in [5, 5.41) is 3.24. The van der Waals surface area contributed by atoms with Crippen LogP contribution in [0.4, 0.5) is 0 Å². The topological polar surface area (TPSA) is 68.5 Å². The molecule has 1 aromatic rings. The first-order valence-electron chi connectivity index (χ1n) is 9.37. The SMILES string of the molecule is C[C@H](OC(=O)/C=C/c1ccc(Br)o1)C(=O)NC12CC3CC(CC(C3)C1)C2. The van der Waals surface area contributed by atoms with Crippen LogP contribution in [-0.2, 0) is 14.3 Å². The summed E-state index contributed by atoms with van der Waals surface area (Å²) in [6.45, 7) is 1.63. The largest absolute Gasteiger partial charge is 0.450 e. The fourth-order valence-electron chi connectivity index (χ4n) is 5.46. The maximum atomic E-state index is 12.6. The quantitative estimate of drug-likeness (QED) is 0.574. The Kier molecular flexibility index (Phi) is 4.71. The van der Waals surface area contributed by atoms with Crippen LogP contribution in [0.5, 0.6) is 0 Å². The van der Waals surface area contributed by atoms with Crippen LogP contribution in [0.3, 0.4) is 0 Å². The fraction of sp³-hybridized carbons (Fsp3) is 0.600. The highest BCUT2D eigenvalue weighted by Crippen LogP contribution is 2.55. The molecule has 1 atom stereocenters. The van der Waals surface area contributed by atoms with Gasteiger partial charge in [0.25, 0.3) is 5.91 Å². The van der Waals surface area contributed by atoms with Crippen LogP contribution in [-0.4, -0.2) is 23.5 Å². The molecule has 1 aromatic heterocycles. The lowest BCUT2D eigenvalue weighted by molar-refractivity contribution is -0.152. The van der Waals surface area contributed by atoms with E-state index in [1.165, 1.54) is 31.4 Å². The Morgan fingerprint density at radius 1 is 1.23 bits per heavy atom. The average molecular weight is 422 g/mol. The summed E-state index contributed by atoms with van der Waals surface area (Å²) in [7, 11) is 0.